The molecule has 0 unspecified atom stereocenters. The van der Waals surface area contributed by atoms with Crippen LogP contribution < -0.4 is 20.9 Å². The van der Waals surface area contributed by atoms with Gasteiger partial charge in [-0.15, -0.1) is 11.3 Å². The van der Waals surface area contributed by atoms with Crippen molar-refractivity contribution in [3.8, 4) is 0 Å². The van der Waals surface area contributed by atoms with Crippen molar-refractivity contribution in [2.75, 3.05) is 43.4 Å². The number of rotatable bonds is 6. The van der Waals surface area contributed by atoms with Crippen molar-refractivity contribution in [2.24, 2.45) is 4.99 Å². The highest BCUT2D eigenvalue weighted by atomic mass is 32.1. The Labute approximate surface area is 176 Å². The molecule has 7 heteroatoms. The van der Waals surface area contributed by atoms with Crippen molar-refractivity contribution in [3.05, 3.63) is 53.9 Å². The molecule has 4 rings (SSSR count). The van der Waals surface area contributed by atoms with Crippen LogP contribution in [-0.4, -0.2) is 50.2 Å². The van der Waals surface area contributed by atoms with Crippen LogP contribution in [0.1, 0.15) is 12.8 Å². The Balaban J connectivity index is 1.19. The predicted octanol–water partition coefficient (Wildman–Crippen LogP) is 3.54. The molecule has 3 aromatic rings. The first-order chi connectivity index (χ1) is 14.3. The summed E-state index contributed by atoms with van der Waals surface area (Å²) in [6, 6.07) is 17.1. The van der Waals surface area contributed by atoms with E-state index in [2.05, 4.69) is 60.5 Å². The molecule has 0 amide bonds. The van der Waals surface area contributed by atoms with Gasteiger partial charge in [0.25, 0.3) is 0 Å². The molecule has 0 bridgehead atoms. The van der Waals surface area contributed by atoms with E-state index in [1.165, 1.54) is 5.00 Å². The third-order valence-electron chi connectivity index (χ3n) is 5.20. The minimum Gasteiger partial charge on any atom is -0.368 e. The van der Waals surface area contributed by atoms with E-state index in [9.17, 15) is 0 Å². The van der Waals surface area contributed by atoms with Crippen molar-refractivity contribution in [3.63, 3.8) is 0 Å². The first-order valence-electron chi connectivity index (χ1n) is 10.2. The number of aromatic nitrogens is 1. The Kier molecular flexibility index (Phi) is 6.46. The summed E-state index contributed by atoms with van der Waals surface area (Å²) in [4.78, 5) is 11.5. The van der Waals surface area contributed by atoms with Gasteiger partial charge in [0.15, 0.2) is 5.96 Å². The monoisotopic (exact) mass is 408 g/mol. The van der Waals surface area contributed by atoms with Crippen LogP contribution in [0, 0.1) is 0 Å². The molecule has 1 aromatic carbocycles. The van der Waals surface area contributed by atoms with E-state index >= 15 is 0 Å². The molecule has 0 radical (unpaired) electrons. The smallest absolute Gasteiger partial charge is 0.191 e. The third-order valence-corrected chi connectivity index (χ3v) is 6.13. The van der Waals surface area contributed by atoms with Gasteiger partial charge in [-0.1, -0.05) is 18.2 Å². The molecular weight excluding hydrogens is 380 g/mol. The van der Waals surface area contributed by atoms with E-state index in [4.69, 9.17) is 0 Å². The number of thiophene rings is 1. The molecule has 29 heavy (non-hydrogen) atoms. The van der Waals surface area contributed by atoms with Crippen LogP contribution in [0.25, 0.3) is 10.9 Å². The van der Waals surface area contributed by atoms with Gasteiger partial charge in [-0.05, 0) is 48.6 Å². The first-order valence-corrected chi connectivity index (χ1v) is 11.0. The summed E-state index contributed by atoms with van der Waals surface area (Å²) >= 11 is 1.82. The van der Waals surface area contributed by atoms with Crippen molar-refractivity contribution in [1.29, 1.82) is 0 Å². The number of piperidine rings is 1. The van der Waals surface area contributed by atoms with Gasteiger partial charge in [0.05, 0.1) is 10.5 Å². The molecule has 3 heterocycles. The molecule has 1 aliphatic heterocycles. The molecule has 1 aliphatic rings. The Hall–Kier alpha value is -2.80. The van der Waals surface area contributed by atoms with E-state index < -0.39 is 0 Å². The summed E-state index contributed by atoms with van der Waals surface area (Å²) in [5.41, 5.74) is 1.01. The van der Waals surface area contributed by atoms with E-state index in [0.29, 0.717) is 6.04 Å². The van der Waals surface area contributed by atoms with Crippen LogP contribution >= 0.6 is 11.3 Å². The zero-order chi connectivity index (χ0) is 19.9. The normalized spacial score (nSPS) is 15.5. The lowest BCUT2D eigenvalue weighted by Crippen LogP contribution is -2.49. The zero-order valence-corrected chi connectivity index (χ0v) is 17.6. The maximum Gasteiger partial charge on any atom is 0.191 e. The van der Waals surface area contributed by atoms with Crippen LogP contribution in [0.3, 0.4) is 0 Å². The minimum atomic E-state index is 0.465. The lowest BCUT2D eigenvalue weighted by Gasteiger charge is -2.33. The van der Waals surface area contributed by atoms with Crippen LogP contribution in [0.15, 0.2) is 58.9 Å². The molecule has 0 aliphatic carbocycles. The second kappa shape index (κ2) is 9.60. The molecule has 152 valence electrons. The Morgan fingerprint density at radius 1 is 1.10 bits per heavy atom. The van der Waals surface area contributed by atoms with Crippen molar-refractivity contribution < 1.29 is 0 Å². The number of hydrogen-bond acceptors (Lipinski definition) is 5. The van der Waals surface area contributed by atoms with Gasteiger partial charge in [0.2, 0.25) is 0 Å². The van der Waals surface area contributed by atoms with E-state index in [1.54, 1.807) is 0 Å². The first kappa shape index (κ1) is 19.5. The summed E-state index contributed by atoms with van der Waals surface area (Å²) in [5.74, 6) is 1.77. The lowest BCUT2D eigenvalue weighted by atomic mass is 10.1. The van der Waals surface area contributed by atoms with Crippen LogP contribution in [0.2, 0.25) is 0 Å². The summed E-state index contributed by atoms with van der Waals surface area (Å²) in [6.45, 7) is 3.74. The second-order valence-corrected chi connectivity index (χ2v) is 8.10. The van der Waals surface area contributed by atoms with Crippen LogP contribution in [-0.2, 0) is 0 Å². The van der Waals surface area contributed by atoms with Gasteiger partial charge in [-0.25, -0.2) is 4.98 Å². The number of anilines is 2. The summed E-state index contributed by atoms with van der Waals surface area (Å²) in [6.07, 6.45) is 2.25. The second-order valence-electron chi connectivity index (χ2n) is 7.17. The number of nitrogens with zero attached hydrogens (tertiary/aromatic N) is 3. The summed E-state index contributed by atoms with van der Waals surface area (Å²) in [5, 5.41) is 15.0. The summed E-state index contributed by atoms with van der Waals surface area (Å²) < 4.78 is 0. The Morgan fingerprint density at radius 3 is 2.76 bits per heavy atom. The molecule has 1 fully saturated rings. The lowest BCUT2D eigenvalue weighted by molar-refractivity contribution is 0.463. The van der Waals surface area contributed by atoms with Crippen molar-refractivity contribution >= 4 is 39.0 Å². The van der Waals surface area contributed by atoms with Gasteiger partial charge in [0.1, 0.15) is 5.82 Å². The number of para-hydroxylation sites is 1. The number of pyridine rings is 1. The van der Waals surface area contributed by atoms with E-state index in [0.717, 1.165) is 61.7 Å². The zero-order valence-electron chi connectivity index (χ0n) is 16.8. The maximum atomic E-state index is 4.65. The molecule has 0 saturated carbocycles. The molecule has 3 N–H and O–H groups in total. The molecule has 1 saturated heterocycles. The fourth-order valence-corrected chi connectivity index (χ4v) is 4.40. The maximum absolute atomic E-state index is 4.65. The van der Waals surface area contributed by atoms with Gasteiger partial charge < -0.3 is 20.9 Å². The average Bonchev–Trinajstić information content (AvgIpc) is 3.31. The standard InChI is InChI=1S/C22H28N6S/c1-23-22(26-18-10-14-28(15-11-18)21-7-4-16-29-21)25-13-12-24-20-9-8-17-5-2-3-6-19(17)27-20/h2-9,16,18H,10-15H2,1H3,(H,24,27)(H2,23,25,26). The number of aliphatic imine (C=N–C) groups is 1. The van der Waals surface area contributed by atoms with Crippen molar-refractivity contribution in [2.45, 2.75) is 18.9 Å². The SMILES string of the molecule is CN=C(NCCNc1ccc2ccccc2n1)NC1CCN(c2cccs2)CC1. The number of fused-ring (bicyclic) bond motifs is 1. The summed E-state index contributed by atoms with van der Waals surface area (Å²) in [7, 11) is 1.83. The highest BCUT2D eigenvalue weighted by Crippen LogP contribution is 2.24. The Morgan fingerprint density at radius 2 is 1.97 bits per heavy atom. The minimum absolute atomic E-state index is 0.465. The van der Waals surface area contributed by atoms with Gasteiger partial charge in [-0.2, -0.15) is 0 Å². The molecule has 0 spiro atoms. The highest BCUT2D eigenvalue weighted by Gasteiger charge is 2.20. The topological polar surface area (TPSA) is 64.6 Å². The predicted molar refractivity (Wildman–Crippen MR) is 124 cm³/mol. The molecule has 2 aromatic heterocycles. The largest absolute Gasteiger partial charge is 0.368 e. The number of guanidine groups is 1. The van der Waals surface area contributed by atoms with Crippen LogP contribution in [0.4, 0.5) is 10.8 Å². The van der Waals surface area contributed by atoms with E-state index in [-0.39, 0.29) is 0 Å². The highest BCUT2D eigenvalue weighted by molar-refractivity contribution is 7.14. The quantitative estimate of drug-likeness (QED) is 0.331. The Bertz CT molecular complexity index is 931. The van der Waals surface area contributed by atoms with Gasteiger partial charge in [0, 0.05) is 44.7 Å². The number of hydrogen-bond donors (Lipinski definition) is 3. The van der Waals surface area contributed by atoms with Crippen LogP contribution in [0.5, 0.6) is 0 Å². The molecule has 6 nitrogen and oxygen atoms in total. The number of benzene rings is 1. The fourth-order valence-electron chi connectivity index (χ4n) is 3.62. The van der Waals surface area contributed by atoms with Gasteiger partial charge >= 0.3 is 0 Å². The fraction of sp³-hybridized carbons (Fsp3) is 0.364. The number of nitrogens with one attached hydrogen (secondary N) is 3. The van der Waals surface area contributed by atoms with Gasteiger partial charge in [-0.3, -0.25) is 4.99 Å². The van der Waals surface area contributed by atoms with Crippen molar-refractivity contribution in [1.82, 2.24) is 15.6 Å². The average molecular weight is 409 g/mol. The third kappa shape index (κ3) is 5.17. The van der Waals surface area contributed by atoms with E-state index in [1.807, 2.05) is 42.6 Å². The molecule has 0 atom stereocenters. The molecular formula is C22H28N6S.